The van der Waals surface area contributed by atoms with Crippen LogP contribution in [0.4, 0.5) is 0 Å². The van der Waals surface area contributed by atoms with Crippen molar-refractivity contribution in [1.29, 1.82) is 0 Å². The monoisotopic (exact) mass is 300 g/mol. The quantitative estimate of drug-likeness (QED) is 0.723. The zero-order valence-electron chi connectivity index (χ0n) is 5.77. The Morgan fingerprint density at radius 1 is 1.33 bits per heavy atom. The second-order valence-corrected chi connectivity index (χ2v) is 7.21. The van der Waals surface area contributed by atoms with E-state index in [-0.39, 0.29) is 4.90 Å². The first-order valence-electron chi connectivity index (χ1n) is 3.04. The molecule has 0 radical (unpaired) electrons. The Labute approximate surface area is 77.8 Å². The minimum absolute atomic E-state index is 0.123. The molecule has 0 spiro atoms. The summed E-state index contributed by atoms with van der Waals surface area (Å²) in [4.78, 5) is 0.123. The molecule has 1 aliphatic heterocycles. The van der Waals surface area contributed by atoms with Gasteiger partial charge in [0, 0.05) is 0 Å². The van der Waals surface area contributed by atoms with Crippen molar-refractivity contribution in [1.82, 2.24) is 0 Å². The molecule has 0 atom stereocenters. The van der Waals surface area contributed by atoms with Gasteiger partial charge >= 0.3 is 77.9 Å². The summed E-state index contributed by atoms with van der Waals surface area (Å²) in [7, 11) is -3.64. The molecule has 0 saturated heterocycles. The number of rotatable bonds is 0. The van der Waals surface area contributed by atoms with Crippen molar-refractivity contribution < 1.29 is 14.4 Å². The van der Waals surface area contributed by atoms with Crippen LogP contribution in [0, 0.1) is 3.57 Å². The van der Waals surface area contributed by atoms with Crippen LogP contribution in [-0.4, -0.2) is 11.9 Å². The fraction of sp³-hybridized carbons (Fsp3) is 0. The Hall–Kier alpha value is -0.180. The van der Waals surface area contributed by atoms with E-state index >= 15 is 0 Å². The molecular weight excluding hydrogens is 295 g/mol. The van der Waals surface area contributed by atoms with Gasteiger partial charge < -0.3 is 0 Å². The van der Waals surface area contributed by atoms with Crippen molar-refractivity contribution in [2.75, 3.05) is 0 Å². The van der Waals surface area contributed by atoms with Crippen LogP contribution in [0.5, 0.6) is 0 Å². The number of fused-ring (bicyclic) bond motifs is 1. The van der Waals surface area contributed by atoms with Crippen LogP contribution in [0.3, 0.4) is 0 Å². The molecule has 1 aromatic rings. The molecule has 0 bridgehead atoms. The van der Waals surface area contributed by atoms with Crippen LogP contribution in [0.1, 0.15) is 0 Å². The fourth-order valence-corrected chi connectivity index (χ4v) is 6.68. The summed E-state index contributed by atoms with van der Waals surface area (Å²) >= 11 is -2.83. The molecule has 1 aliphatic rings. The molecule has 0 amide bonds. The second-order valence-electron chi connectivity index (χ2n) is 2.18. The van der Waals surface area contributed by atoms with Gasteiger partial charge in [0.15, 0.2) is 0 Å². The third kappa shape index (κ3) is 1.15. The zero-order chi connectivity index (χ0) is 8.77. The van der Waals surface area contributed by atoms with Crippen LogP contribution >= 0.6 is 20.6 Å². The van der Waals surface area contributed by atoms with Crippen LogP contribution in [0.25, 0.3) is 0 Å². The van der Waals surface area contributed by atoms with Crippen LogP contribution < -0.4 is 0 Å². The van der Waals surface area contributed by atoms with Crippen molar-refractivity contribution in [3.05, 3.63) is 27.8 Å². The summed E-state index contributed by atoms with van der Waals surface area (Å²) in [6.45, 7) is 0. The van der Waals surface area contributed by atoms with Gasteiger partial charge in [-0.2, -0.15) is 0 Å². The van der Waals surface area contributed by atoms with E-state index in [2.05, 4.69) is 2.51 Å². The topological polar surface area (TPSA) is 63.6 Å². The Kier molecular flexibility index (Phi) is 1.86. The Morgan fingerprint density at radius 2 is 2.00 bits per heavy atom. The summed E-state index contributed by atoms with van der Waals surface area (Å²) in [5, 5.41) is 0. The van der Waals surface area contributed by atoms with Crippen molar-refractivity contribution in [2.45, 2.75) is 4.90 Å². The Morgan fingerprint density at radius 3 is 2.67 bits per heavy atom. The van der Waals surface area contributed by atoms with Gasteiger partial charge in [0.05, 0.1) is 0 Å². The van der Waals surface area contributed by atoms with Crippen molar-refractivity contribution in [2.24, 2.45) is 0 Å². The zero-order valence-corrected chi connectivity index (χ0v) is 8.74. The van der Waals surface area contributed by atoms with Gasteiger partial charge in [0.2, 0.25) is 0 Å². The number of benzene rings is 1. The van der Waals surface area contributed by atoms with Gasteiger partial charge in [-0.25, -0.2) is 0 Å². The van der Waals surface area contributed by atoms with Gasteiger partial charge in [-0.3, -0.25) is 0 Å². The molecular formula is C6H5IO4S. The van der Waals surface area contributed by atoms with Gasteiger partial charge in [-0.05, 0) is 0 Å². The van der Waals surface area contributed by atoms with E-state index in [1.807, 2.05) is 0 Å². The van der Waals surface area contributed by atoms with E-state index in [9.17, 15) is 11.9 Å². The Balaban J connectivity index is 2.74. The first-order valence-corrected chi connectivity index (χ1v) is 7.38. The van der Waals surface area contributed by atoms with Gasteiger partial charge in [0.1, 0.15) is 0 Å². The van der Waals surface area contributed by atoms with Crippen LogP contribution in [0.2, 0.25) is 0 Å². The van der Waals surface area contributed by atoms with E-state index in [1.165, 1.54) is 6.07 Å². The Bertz CT molecular complexity index is 413. The predicted molar refractivity (Wildman–Crippen MR) is 49.6 cm³/mol. The van der Waals surface area contributed by atoms with E-state index < -0.39 is 30.8 Å². The SMILES string of the molecule is O=S1(=O)OI(O)c2ccccc21. The molecule has 0 saturated carbocycles. The van der Waals surface area contributed by atoms with Gasteiger partial charge in [0.25, 0.3) is 0 Å². The molecule has 2 rings (SSSR count). The van der Waals surface area contributed by atoms with Gasteiger partial charge in [-0.1, -0.05) is 0 Å². The molecule has 1 N–H and O–H groups in total. The van der Waals surface area contributed by atoms with Crippen molar-refractivity contribution in [3.63, 3.8) is 0 Å². The predicted octanol–water partition coefficient (Wildman–Crippen LogP) is 0.904. The second kappa shape index (κ2) is 2.66. The standard InChI is InChI=1S/C6H5IO4S/c8-7-5-3-1-2-4-6(5)12(9,10)11-7/h1-4,8H. The maximum atomic E-state index is 11.1. The van der Waals surface area contributed by atoms with E-state index in [0.29, 0.717) is 3.57 Å². The average Bonchev–Trinajstić information content (AvgIpc) is 2.25. The molecule has 1 aromatic carbocycles. The molecule has 4 nitrogen and oxygen atoms in total. The summed E-state index contributed by atoms with van der Waals surface area (Å²) in [6.07, 6.45) is 0. The maximum absolute atomic E-state index is 11.1. The third-order valence-electron chi connectivity index (χ3n) is 1.42. The molecule has 0 fully saturated rings. The molecule has 12 heavy (non-hydrogen) atoms. The summed E-state index contributed by atoms with van der Waals surface area (Å²) in [5.41, 5.74) is 0. The van der Waals surface area contributed by atoms with E-state index in [1.54, 1.807) is 18.2 Å². The van der Waals surface area contributed by atoms with Crippen LogP contribution in [0.15, 0.2) is 29.2 Å². The van der Waals surface area contributed by atoms with Crippen molar-refractivity contribution in [3.8, 4) is 0 Å². The van der Waals surface area contributed by atoms with Crippen LogP contribution in [-0.2, 0) is 12.6 Å². The molecule has 1 heterocycles. The normalized spacial score (nSPS) is 22.2. The first kappa shape index (κ1) is 8.42. The van der Waals surface area contributed by atoms with Crippen molar-refractivity contribution >= 4 is 30.8 Å². The molecule has 0 aliphatic carbocycles. The summed E-state index contributed by atoms with van der Waals surface area (Å²) < 4.78 is 36.5. The minimum atomic E-state index is -3.64. The van der Waals surface area contributed by atoms with Gasteiger partial charge in [-0.15, -0.1) is 0 Å². The number of halogens is 1. The molecule has 0 aromatic heterocycles. The molecule has 0 unspecified atom stereocenters. The number of hydrogen-bond donors (Lipinski definition) is 1. The number of hydrogen-bond acceptors (Lipinski definition) is 4. The van der Waals surface area contributed by atoms with E-state index in [4.69, 9.17) is 0 Å². The third-order valence-corrected chi connectivity index (χ3v) is 7.35. The molecule has 66 valence electrons. The summed E-state index contributed by atoms with van der Waals surface area (Å²) in [6, 6.07) is 6.32. The first-order chi connectivity index (χ1) is 5.61. The molecule has 6 heteroatoms. The summed E-state index contributed by atoms with van der Waals surface area (Å²) in [5.74, 6) is 0. The average molecular weight is 300 g/mol. The van der Waals surface area contributed by atoms with E-state index in [0.717, 1.165) is 0 Å². The fourth-order valence-electron chi connectivity index (χ4n) is 0.927.